The van der Waals surface area contributed by atoms with Crippen molar-refractivity contribution in [3.63, 3.8) is 0 Å². The van der Waals surface area contributed by atoms with Gasteiger partial charge >= 0.3 is 5.97 Å². The summed E-state index contributed by atoms with van der Waals surface area (Å²) in [5, 5.41) is 8.33. The van der Waals surface area contributed by atoms with Crippen molar-refractivity contribution in [3.8, 4) is 0 Å². The zero-order valence-electron chi connectivity index (χ0n) is 16.7. The SMILES string of the molecule is C=C/C=C(\C=C)CC=O.CC.CN.O=C(O)CCCc1cc(F)c(F)cc1F. The molecule has 0 saturated heterocycles. The fraction of sp³-hybridized carbons (Fsp3) is 0.333. The summed E-state index contributed by atoms with van der Waals surface area (Å²) in [5.41, 5.74) is 5.40. The molecule has 7 heteroatoms. The number of hydrogen-bond acceptors (Lipinski definition) is 3. The van der Waals surface area contributed by atoms with Crippen molar-refractivity contribution in [1.82, 2.24) is 0 Å². The van der Waals surface area contributed by atoms with Gasteiger partial charge in [-0.2, -0.15) is 0 Å². The Hall–Kier alpha value is -2.67. The van der Waals surface area contributed by atoms with Gasteiger partial charge in [-0.25, -0.2) is 13.2 Å². The smallest absolute Gasteiger partial charge is 0.303 e. The van der Waals surface area contributed by atoms with Crippen molar-refractivity contribution in [2.24, 2.45) is 5.73 Å². The van der Waals surface area contributed by atoms with E-state index in [-0.39, 0.29) is 24.8 Å². The van der Waals surface area contributed by atoms with Gasteiger partial charge in [0.25, 0.3) is 0 Å². The Morgan fingerprint density at radius 1 is 1.11 bits per heavy atom. The molecule has 0 heterocycles. The van der Waals surface area contributed by atoms with Gasteiger partial charge in [-0.3, -0.25) is 4.79 Å². The molecule has 0 aliphatic carbocycles. The molecule has 0 saturated carbocycles. The van der Waals surface area contributed by atoms with Gasteiger partial charge < -0.3 is 15.6 Å². The second-order valence-corrected chi connectivity index (χ2v) is 4.66. The molecule has 0 aromatic heterocycles. The van der Waals surface area contributed by atoms with E-state index in [1.165, 1.54) is 7.05 Å². The molecule has 0 aliphatic heterocycles. The monoisotopic (exact) mass is 401 g/mol. The van der Waals surface area contributed by atoms with Crippen LogP contribution in [0.2, 0.25) is 0 Å². The number of aliphatic carboxylic acids is 1. The molecule has 1 aromatic carbocycles. The van der Waals surface area contributed by atoms with Crippen molar-refractivity contribution >= 4 is 12.3 Å². The van der Waals surface area contributed by atoms with Crippen LogP contribution in [0.4, 0.5) is 13.2 Å². The maximum absolute atomic E-state index is 13.0. The number of hydrogen-bond donors (Lipinski definition) is 2. The molecule has 0 atom stereocenters. The predicted octanol–water partition coefficient (Wildman–Crippen LogP) is 4.99. The van der Waals surface area contributed by atoms with Crippen LogP contribution in [-0.2, 0) is 16.0 Å². The minimum Gasteiger partial charge on any atom is -0.481 e. The average molecular weight is 401 g/mol. The van der Waals surface area contributed by atoms with Crippen molar-refractivity contribution in [1.29, 1.82) is 0 Å². The first-order valence-electron chi connectivity index (χ1n) is 8.66. The van der Waals surface area contributed by atoms with Crippen LogP contribution in [0.25, 0.3) is 0 Å². The molecule has 0 fully saturated rings. The highest BCUT2D eigenvalue weighted by atomic mass is 19.2. The molecule has 0 unspecified atom stereocenters. The summed E-state index contributed by atoms with van der Waals surface area (Å²) < 4.78 is 38.2. The molecule has 0 radical (unpaired) electrons. The van der Waals surface area contributed by atoms with Crippen LogP contribution in [0.3, 0.4) is 0 Å². The van der Waals surface area contributed by atoms with Crippen LogP contribution >= 0.6 is 0 Å². The quantitative estimate of drug-likeness (QED) is 0.365. The first kappa shape index (κ1) is 30.1. The van der Waals surface area contributed by atoms with E-state index in [1.54, 1.807) is 18.2 Å². The highest BCUT2D eigenvalue weighted by molar-refractivity contribution is 5.66. The van der Waals surface area contributed by atoms with Gasteiger partial charge in [0.2, 0.25) is 0 Å². The largest absolute Gasteiger partial charge is 0.481 e. The van der Waals surface area contributed by atoms with Crippen LogP contribution in [0, 0.1) is 17.5 Å². The standard InChI is InChI=1S/C10H9F3O2.C8H10O.C2H6.CH5N/c11-7-5-9(13)8(12)4-6(7)2-1-3-10(14)15;1-3-5-8(4-2)6-7-9;2*1-2/h4-5H,1-3H2,(H,14,15);3-5,7H,1-2,6H2;1-2H3;2H2,1H3/b;8-5+;;. The number of benzene rings is 1. The maximum Gasteiger partial charge on any atom is 0.303 e. The third-order valence-corrected chi connectivity index (χ3v) is 2.84. The first-order valence-corrected chi connectivity index (χ1v) is 8.66. The molecule has 28 heavy (non-hydrogen) atoms. The lowest BCUT2D eigenvalue weighted by atomic mass is 10.1. The molecule has 4 nitrogen and oxygen atoms in total. The lowest BCUT2D eigenvalue weighted by molar-refractivity contribution is -0.137. The fourth-order valence-electron chi connectivity index (χ4n) is 1.65. The van der Waals surface area contributed by atoms with Gasteiger partial charge in [-0.15, -0.1) is 0 Å². The molecule has 1 aromatic rings. The topological polar surface area (TPSA) is 80.4 Å². The van der Waals surface area contributed by atoms with E-state index in [0.717, 1.165) is 17.9 Å². The molecule has 1 rings (SSSR count). The highest BCUT2D eigenvalue weighted by Gasteiger charge is 2.09. The number of aldehydes is 1. The van der Waals surface area contributed by atoms with Crippen LogP contribution in [0.15, 0.2) is 49.1 Å². The summed E-state index contributed by atoms with van der Waals surface area (Å²) in [6, 6.07) is 1.22. The van der Waals surface area contributed by atoms with Crippen LogP contribution < -0.4 is 5.73 Å². The van der Waals surface area contributed by atoms with E-state index in [2.05, 4.69) is 18.9 Å². The Morgan fingerprint density at radius 2 is 1.64 bits per heavy atom. The summed E-state index contributed by atoms with van der Waals surface area (Å²) >= 11 is 0. The molecule has 0 spiro atoms. The Balaban J connectivity index is -0.000000413. The van der Waals surface area contributed by atoms with E-state index in [0.29, 0.717) is 12.5 Å². The van der Waals surface area contributed by atoms with Gasteiger partial charge in [0.05, 0.1) is 0 Å². The number of carbonyl (C=O) groups is 2. The Bertz CT molecular complexity index is 630. The number of carboxylic acid groups (broad SMARTS) is 1. The lowest BCUT2D eigenvalue weighted by Crippen LogP contribution is -1.99. The van der Waals surface area contributed by atoms with Gasteiger partial charge in [0, 0.05) is 18.9 Å². The van der Waals surface area contributed by atoms with Gasteiger partial charge in [-0.1, -0.05) is 45.2 Å². The van der Waals surface area contributed by atoms with E-state index in [1.807, 2.05) is 13.8 Å². The summed E-state index contributed by atoms with van der Waals surface area (Å²) in [6.45, 7) is 11.0. The van der Waals surface area contributed by atoms with Crippen LogP contribution in [0.5, 0.6) is 0 Å². The second kappa shape index (κ2) is 20.6. The van der Waals surface area contributed by atoms with Crippen molar-refractivity contribution in [2.45, 2.75) is 39.5 Å². The number of halogens is 3. The molecule has 158 valence electrons. The lowest BCUT2D eigenvalue weighted by Gasteiger charge is -2.02. The summed E-state index contributed by atoms with van der Waals surface area (Å²) in [7, 11) is 1.50. The number of carbonyl (C=O) groups excluding carboxylic acids is 1. The molecule has 0 amide bonds. The number of aryl methyl sites for hydroxylation is 1. The Morgan fingerprint density at radius 3 is 2.07 bits per heavy atom. The normalized spacial score (nSPS) is 9.32. The van der Waals surface area contributed by atoms with Crippen LogP contribution in [0.1, 0.15) is 38.7 Å². The molecule has 3 N–H and O–H groups in total. The molecule has 0 aliphatic rings. The van der Waals surface area contributed by atoms with Gasteiger partial charge in [0.15, 0.2) is 11.6 Å². The average Bonchev–Trinajstić information content (AvgIpc) is 2.69. The minimum absolute atomic E-state index is 0.00449. The summed E-state index contributed by atoms with van der Waals surface area (Å²) in [5.74, 6) is -4.21. The molecule has 0 bridgehead atoms. The number of nitrogens with two attached hydrogens (primary N) is 1. The molecular weight excluding hydrogens is 371 g/mol. The maximum atomic E-state index is 13.0. The van der Waals surface area contributed by atoms with E-state index >= 15 is 0 Å². The minimum atomic E-state index is -1.24. The zero-order chi connectivity index (χ0) is 22.5. The van der Waals surface area contributed by atoms with Gasteiger partial charge in [-0.05, 0) is 37.1 Å². The van der Waals surface area contributed by atoms with Crippen LogP contribution in [-0.4, -0.2) is 24.4 Å². The van der Waals surface area contributed by atoms with Crippen molar-refractivity contribution in [3.05, 3.63) is 72.1 Å². The third kappa shape index (κ3) is 15.6. The first-order chi connectivity index (χ1) is 13.3. The number of allylic oxidation sites excluding steroid dienone is 4. The zero-order valence-corrected chi connectivity index (χ0v) is 16.7. The van der Waals surface area contributed by atoms with E-state index in [4.69, 9.17) is 5.11 Å². The third-order valence-electron chi connectivity index (χ3n) is 2.84. The van der Waals surface area contributed by atoms with E-state index in [9.17, 15) is 22.8 Å². The fourth-order valence-corrected chi connectivity index (χ4v) is 1.65. The molecular formula is C21H30F3NO3. The number of carboxylic acids is 1. The van der Waals surface area contributed by atoms with Crippen molar-refractivity contribution < 1.29 is 27.9 Å². The van der Waals surface area contributed by atoms with Gasteiger partial charge in [0.1, 0.15) is 12.1 Å². The Labute approximate surface area is 165 Å². The Kier molecular flexibility index (Phi) is 22.2. The summed E-state index contributed by atoms with van der Waals surface area (Å²) in [6.07, 6.45) is 6.47. The van der Waals surface area contributed by atoms with E-state index < -0.39 is 23.4 Å². The number of rotatable bonds is 8. The van der Waals surface area contributed by atoms with Crippen molar-refractivity contribution in [2.75, 3.05) is 7.05 Å². The predicted molar refractivity (Wildman–Crippen MR) is 108 cm³/mol. The highest BCUT2D eigenvalue weighted by Crippen LogP contribution is 2.15. The second-order valence-electron chi connectivity index (χ2n) is 4.66. The summed E-state index contributed by atoms with van der Waals surface area (Å²) in [4.78, 5) is 20.1.